The predicted molar refractivity (Wildman–Crippen MR) is 105 cm³/mol. The lowest BCUT2D eigenvalue weighted by Gasteiger charge is -2.34. The molecule has 1 aliphatic carbocycles. The topological polar surface area (TPSA) is 75.9 Å². The van der Waals surface area contributed by atoms with Gasteiger partial charge < -0.3 is 15.0 Å². The third-order valence-corrected chi connectivity index (χ3v) is 5.64. The van der Waals surface area contributed by atoms with E-state index in [-0.39, 0.29) is 0 Å². The Hall–Kier alpha value is -1.69. The average molecular weight is 360 g/mol. The summed E-state index contributed by atoms with van der Waals surface area (Å²) in [6.45, 7) is 9.56. The van der Waals surface area contributed by atoms with Gasteiger partial charge in [0.1, 0.15) is 11.1 Å². The van der Waals surface area contributed by atoms with Gasteiger partial charge in [0.05, 0.1) is 6.33 Å². The highest BCUT2D eigenvalue weighted by Gasteiger charge is 2.38. The van der Waals surface area contributed by atoms with E-state index in [0.29, 0.717) is 17.8 Å². The van der Waals surface area contributed by atoms with Crippen LogP contribution in [-0.2, 0) is 12.1 Å². The Balaban J connectivity index is 2.09. The third-order valence-electron chi connectivity index (χ3n) is 5.64. The van der Waals surface area contributed by atoms with Gasteiger partial charge in [-0.15, -0.1) is 0 Å². The van der Waals surface area contributed by atoms with Crippen molar-refractivity contribution in [2.24, 2.45) is 5.92 Å². The van der Waals surface area contributed by atoms with Gasteiger partial charge in [-0.2, -0.15) is 0 Å². The molecule has 0 aliphatic heterocycles. The van der Waals surface area contributed by atoms with Crippen molar-refractivity contribution in [3.63, 3.8) is 0 Å². The molecule has 1 aliphatic rings. The van der Waals surface area contributed by atoms with Crippen molar-refractivity contribution in [3.8, 4) is 0 Å². The highest BCUT2D eigenvalue weighted by atomic mass is 16.3. The quantitative estimate of drug-likeness (QED) is 0.773. The van der Waals surface area contributed by atoms with Crippen LogP contribution in [0.4, 0.5) is 5.82 Å². The van der Waals surface area contributed by atoms with E-state index in [9.17, 15) is 5.11 Å². The second kappa shape index (κ2) is 7.91. The number of aryl methyl sites for hydroxylation is 1. The fourth-order valence-corrected chi connectivity index (χ4v) is 4.07. The van der Waals surface area contributed by atoms with Crippen LogP contribution in [0.5, 0.6) is 0 Å². The number of nitrogens with zero attached hydrogens (tertiary/aromatic N) is 4. The zero-order chi connectivity index (χ0) is 18.7. The number of nitrogens with one attached hydrogen (secondary N) is 1. The Morgan fingerprint density at radius 2 is 2.08 bits per heavy atom. The first-order valence-electron chi connectivity index (χ1n) is 10.2. The van der Waals surface area contributed by atoms with Crippen LogP contribution in [-0.4, -0.2) is 30.7 Å². The Labute approximate surface area is 156 Å². The van der Waals surface area contributed by atoms with Crippen molar-refractivity contribution in [2.45, 2.75) is 90.8 Å². The number of hydrogen-bond acceptors (Lipinski definition) is 5. The van der Waals surface area contributed by atoms with Crippen molar-refractivity contribution in [1.82, 2.24) is 19.5 Å². The number of rotatable bonds is 7. The van der Waals surface area contributed by atoms with Crippen LogP contribution in [0.25, 0.3) is 11.2 Å². The molecule has 0 bridgehead atoms. The Bertz CT molecular complexity index is 739. The SMILES string of the molecule is CCCn1cnc2c(NC(CC)CC)nc([C@]3(O)CCC[C@@H](C)C3)nc21. The summed E-state index contributed by atoms with van der Waals surface area (Å²) in [5, 5.41) is 14.9. The Morgan fingerprint density at radius 3 is 2.73 bits per heavy atom. The minimum Gasteiger partial charge on any atom is -0.382 e. The van der Waals surface area contributed by atoms with Gasteiger partial charge in [0.25, 0.3) is 0 Å². The maximum Gasteiger partial charge on any atom is 0.165 e. The van der Waals surface area contributed by atoms with Crippen molar-refractivity contribution in [1.29, 1.82) is 0 Å². The van der Waals surface area contributed by atoms with Crippen molar-refractivity contribution in [2.75, 3.05) is 5.32 Å². The Kier molecular flexibility index (Phi) is 5.80. The largest absolute Gasteiger partial charge is 0.382 e. The van der Waals surface area contributed by atoms with Gasteiger partial charge in [0, 0.05) is 12.6 Å². The lowest BCUT2D eigenvalue weighted by Crippen LogP contribution is -2.34. The van der Waals surface area contributed by atoms with E-state index < -0.39 is 5.60 Å². The van der Waals surface area contributed by atoms with E-state index >= 15 is 0 Å². The summed E-state index contributed by atoms with van der Waals surface area (Å²) >= 11 is 0. The fraction of sp³-hybridized carbons (Fsp3) is 0.750. The van der Waals surface area contributed by atoms with Crippen LogP contribution >= 0.6 is 0 Å². The first kappa shape index (κ1) is 19.1. The Morgan fingerprint density at radius 1 is 1.31 bits per heavy atom. The number of aromatic nitrogens is 4. The van der Waals surface area contributed by atoms with Crippen LogP contribution in [0.1, 0.15) is 78.5 Å². The molecule has 1 saturated carbocycles. The van der Waals surface area contributed by atoms with E-state index in [4.69, 9.17) is 9.97 Å². The van der Waals surface area contributed by atoms with Crippen LogP contribution in [0.15, 0.2) is 6.33 Å². The molecular weight excluding hydrogens is 326 g/mol. The molecule has 0 aromatic carbocycles. The van der Waals surface area contributed by atoms with E-state index in [0.717, 1.165) is 68.5 Å². The van der Waals surface area contributed by atoms with Crippen molar-refractivity contribution in [3.05, 3.63) is 12.2 Å². The summed E-state index contributed by atoms with van der Waals surface area (Å²) < 4.78 is 2.08. The molecule has 0 radical (unpaired) electrons. The van der Waals surface area contributed by atoms with Gasteiger partial charge in [-0.05, 0) is 44.4 Å². The first-order valence-corrected chi connectivity index (χ1v) is 10.2. The summed E-state index contributed by atoms with van der Waals surface area (Å²) in [5.41, 5.74) is 0.705. The normalized spacial score (nSPS) is 23.7. The molecule has 0 saturated heterocycles. The van der Waals surface area contributed by atoms with Gasteiger partial charge >= 0.3 is 0 Å². The van der Waals surface area contributed by atoms with Gasteiger partial charge in [-0.3, -0.25) is 0 Å². The molecule has 0 amide bonds. The summed E-state index contributed by atoms with van der Waals surface area (Å²) in [6, 6.07) is 0.345. The number of hydrogen-bond donors (Lipinski definition) is 2. The molecule has 26 heavy (non-hydrogen) atoms. The molecule has 2 heterocycles. The average Bonchev–Trinajstić information content (AvgIpc) is 3.03. The van der Waals surface area contributed by atoms with Crippen LogP contribution in [0, 0.1) is 5.92 Å². The molecular formula is C20H33N5O. The van der Waals surface area contributed by atoms with Gasteiger partial charge in [-0.25, -0.2) is 15.0 Å². The highest BCUT2D eigenvalue weighted by molar-refractivity contribution is 5.83. The molecule has 144 valence electrons. The molecule has 2 N–H and O–H groups in total. The molecule has 6 nitrogen and oxygen atoms in total. The van der Waals surface area contributed by atoms with Gasteiger partial charge in [0.15, 0.2) is 17.3 Å². The number of anilines is 1. The lowest BCUT2D eigenvalue weighted by molar-refractivity contribution is -0.0253. The van der Waals surface area contributed by atoms with Crippen LogP contribution < -0.4 is 5.32 Å². The fourth-order valence-electron chi connectivity index (χ4n) is 4.07. The second-order valence-corrected chi connectivity index (χ2v) is 7.90. The van der Waals surface area contributed by atoms with Crippen molar-refractivity contribution < 1.29 is 5.11 Å². The van der Waals surface area contributed by atoms with E-state index in [1.54, 1.807) is 0 Å². The number of imidazole rings is 1. The van der Waals surface area contributed by atoms with E-state index in [2.05, 4.69) is 42.6 Å². The molecule has 2 atom stereocenters. The molecule has 3 rings (SSSR count). The maximum atomic E-state index is 11.3. The highest BCUT2D eigenvalue weighted by Crippen LogP contribution is 2.39. The van der Waals surface area contributed by atoms with Crippen LogP contribution in [0.3, 0.4) is 0 Å². The second-order valence-electron chi connectivity index (χ2n) is 7.90. The number of aliphatic hydroxyl groups is 1. The molecule has 0 unspecified atom stereocenters. The maximum absolute atomic E-state index is 11.3. The van der Waals surface area contributed by atoms with Crippen molar-refractivity contribution >= 4 is 17.0 Å². The lowest BCUT2D eigenvalue weighted by atomic mass is 9.78. The van der Waals surface area contributed by atoms with Crippen LogP contribution in [0.2, 0.25) is 0 Å². The molecule has 1 fully saturated rings. The summed E-state index contributed by atoms with van der Waals surface area (Å²) in [6.07, 6.45) is 8.54. The molecule has 2 aromatic heterocycles. The summed E-state index contributed by atoms with van der Waals surface area (Å²) in [4.78, 5) is 14.2. The van der Waals surface area contributed by atoms with Gasteiger partial charge in [-0.1, -0.05) is 34.1 Å². The van der Waals surface area contributed by atoms with E-state index in [1.807, 2.05) is 6.33 Å². The van der Waals surface area contributed by atoms with Gasteiger partial charge in [0.2, 0.25) is 0 Å². The predicted octanol–water partition coefficient (Wildman–Crippen LogP) is 4.23. The zero-order valence-electron chi connectivity index (χ0n) is 16.6. The molecule has 6 heteroatoms. The molecule has 0 spiro atoms. The minimum absolute atomic E-state index is 0.345. The monoisotopic (exact) mass is 359 g/mol. The smallest absolute Gasteiger partial charge is 0.165 e. The minimum atomic E-state index is -0.933. The van der Waals surface area contributed by atoms with E-state index in [1.165, 1.54) is 0 Å². The third kappa shape index (κ3) is 3.70. The summed E-state index contributed by atoms with van der Waals surface area (Å²) in [5.74, 6) is 1.81. The number of fused-ring (bicyclic) bond motifs is 1. The summed E-state index contributed by atoms with van der Waals surface area (Å²) in [7, 11) is 0. The zero-order valence-corrected chi connectivity index (χ0v) is 16.6. The first-order chi connectivity index (χ1) is 12.5. The molecule has 2 aromatic rings. The standard InChI is InChI=1S/C20H33N5O/c1-5-11-25-13-21-16-17(22-15(6-2)7-3)23-19(24-18(16)25)20(26)10-8-9-14(4)12-20/h13-15,26H,5-12H2,1-4H3,(H,22,23,24)/t14-,20+/m1/s1.